The van der Waals surface area contributed by atoms with Crippen molar-refractivity contribution in [1.29, 1.82) is 0 Å². The molecule has 1 atom stereocenters. The Labute approximate surface area is 146 Å². The molecule has 0 aromatic heterocycles. The first-order valence-corrected chi connectivity index (χ1v) is 8.62. The summed E-state index contributed by atoms with van der Waals surface area (Å²) >= 11 is 3.42. The summed E-state index contributed by atoms with van der Waals surface area (Å²) in [5.41, 5.74) is 1.65. The number of rotatable bonds is 6. The van der Waals surface area contributed by atoms with E-state index in [4.69, 9.17) is 4.74 Å². The number of hydrogen-bond donors (Lipinski definition) is 1. The summed E-state index contributed by atoms with van der Waals surface area (Å²) in [4.78, 5) is 12.7. The minimum atomic E-state index is -0.127. The monoisotopic (exact) mass is 375 g/mol. The Bertz CT molecular complexity index is 656. The Morgan fingerprint density at radius 2 is 1.87 bits per heavy atom. The third kappa shape index (κ3) is 4.83. The van der Waals surface area contributed by atoms with Crippen molar-refractivity contribution < 1.29 is 9.53 Å². The number of hydrogen-bond acceptors (Lipinski definition) is 2. The smallest absolute Gasteiger partial charge is 0.255 e. The molecular formula is C19H22BrNO2. The van der Waals surface area contributed by atoms with Gasteiger partial charge in [-0.2, -0.15) is 0 Å². The van der Waals surface area contributed by atoms with Crippen molar-refractivity contribution in [3.8, 4) is 5.75 Å². The SMILES string of the molecule is CCC(NC(=O)c1cc(Br)ccc1OC(C)C)c1ccccc1. The van der Waals surface area contributed by atoms with Gasteiger partial charge in [-0.15, -0.1) is 0 Å². The molecule has 2 rings (SSSR count). The van der Waals surface area contributed by atoms with Crippen LogP contribution in [0.25, 0.3) is 0 Å². The summed E-state index contributed by atoms with van der Waals surface area (Å²) in [6.45, 7) is 5.95. The number of benzene rings is 2. The van der Waals surface area contributed by atoms with Crippen LogP contribution in [-0.4, -0.2) is 12.0 Å². The van der Waals surface area contributed by atoms with Gasteiger partial charge in [0.1, 0.15) is 5.75 Å². The van der Waals surface area contributed by atoms with E-state index in [2.05, 4.69) is 28.2 Å². The molecule has 0 fully saturated rings. The van der Waals surface area contributed by atoms with Crippen molar-refractivity contribution in [2.45, 2.75) is 39.3 Å². The van der Waals surface area contributed by atoms with E-state index in [1.807, 2.05) is 56.3 Å². The first kappa shape index (κ1) is 17.5. The number of ether oxygens (including phenoxy) is 1. The second-order valence-corrected chi connectivity index (χ2v) is 6.57. The molecule has 23 heavy (non-hydrogen) atoms. The van der Waals surface area contributed by atoms with Crippen LogP contribution in [0.2, 0.25) is 0 Å². The molecule has 3 nitrogen and oxygen atoms in total. The van der Waals surface area contributed by atoms with Gasteiger partial charge < -0.3 is 10.1 Å². The minimum absolute atomic E-state index is 0.0128. The predicted molar refractivity (Wildman–Crippen MR) is 96.8 cm³/mol. The van der Waals surface area contributed by atoms with Gasteiger partial charge in [-0.05, 0) is 44.0 Å². The Morgan fingerprint density at radius 1 is 1.17 bits per heavy atom. The van der Waals surface area contributed by atoms with Crippen LogP contribution in [-0.2, 0) is 0 Å². The van der Waals surface area contributed by atoms with Crippen molar-refractivity contribution in [2.75, 3.05) is 0 Å². The lowest BCUT2D eigenvalue weighted by atomic mass is 10.0. The molecule has 0 radical (unpaired) electrons. The lowest BCUT2D eigenvalue weighted by Crippen LogP contribution is -2.28. The van der Waals surface area contributed by atoms with Gasteiger partial charge in [0.2, 0.25) is 0 Å². The van der Waals surface area contributed by atoms with Crippen molar-refractivity contribution in [1.82, 2.24) is 5.32 Å². The zero-order valence-electron chi connectivity index (χ0n) is 13.7. The van der Waals surface area contributed by atoms with Crippen molar-refractivity contribution in [3.05, 3.63) is 64.1 Å². The molecular weight excluding hydrogens is 354 g/mol. The Balaban J connectivity index is 2.24. The summed E-state index contributed by atoms with van der Waals surface area (Å²) in [5, 5.41) is 3.10. The van der Waals surface area contributed by atoms with Gasteiger partial charge in [-0.1, -0.05) is 53.2 Å². The topological polar surface area (TPSA) is 38.3 Å². The van der Waals surface area contributed by atoms with Crippen molar-refractivity contribution >= 4 is 21.8 Å². The van der Waals surface area contributed by atoms with E-state index in [0.717, 1.165) is 16.5 Å². The molecule has 0 saturated heterocycles. The van der Waals surface area contributed by atoms with E-state index >= 15 is 0 Å². The maximum atomic E-state index is 12.7. The zero-order chi connectivity index (χ0) is 16.8. The molecule has 1 N–H and O–H groups in total. The summed E-state index contributed by atoms with van der Waals surface area (Å²) in [6.07, 6.45) is 0.836. The van der Waals surface area contributed by atoms with Crippen LogP contribution in [0.15, 0.2) is 53.0 Å². The summed E-state index contributed by atoms with van der Waals surface area (Å²) in [5.74, 6) is 0.473. The van der Waals surface area contributed by atoms with Gasteiger partial charge in [-0.3, -0.25) is 4.79 Å². The van der Waals surface area contributed by atoms with Crippen LogP contribution in [0.4, 0.5) is 0 Å². The average Bonchev–Trinajstić information content (AvgIpc) is 2.54. The van der Waals surface area contributed by atoms with E-state index in [9.17, 15) is 4.79 Å². The number of halogens is 1. The van der Waals surface area contributed by atoms with E-state index in [1.54, 1.807) is 6.07 Å². The average molecular weight is 376 g/mol. The number of carbonyl (C=O) groups is 1. The van der Waals surface area contributed by atoms with Gasteiger partial charge in [0.05, 0.1) is 17.7 Å². The molecule has 0 aliphatic rings. The molecule has 122 valence electrons. The van der Waals surface area contributed by atoms with Gasteiger partial charge in [0, 0.05) is 4.47 Å². The third-order valence-corrected chi connectivity index (χ3v) is 3.96. The molecule has 1 unspecified atom stereocenters. The fourth-order valence-corrected chi connectivity index (χ4v) is 2.74. The quantitative estimate of drug-likeness (QED) is 0.760. The van der Waals surface area contributed by atoms with Gasteiger partial charge in [0.15, 0.2) is 0 Å². The molecule has 4 heteroatoms. The highest BCUT2D eigenvalue weighted by Gasteiger charge is 2.18. The number of amides is 1. The number of carbonyl (C=O) groups excluding carboxylic acids is 1. The van der Waals surface area contributed by atoms with Gasteiger partial charge in [0.25, 0.3) is 5.91 Å². The zero-order valence-corrected chi connectivity index (χ0v) is 15.3. The highest BCUT2D eigenvalue weighted by atomic mass is 79.9. The second kappa shape index (κ2) is 8.16. The highest BCUT2D eigenvalue weighted by molar-refractivity contribution is 9.10. The van der Waals surface area contributed by atoms with Crippen LogP contribution >= 0.6 is 15.9 Å². The molecule has 0 bridgehead atoms. The lowest BCUT2D eigenvalue weighted by Gasteiger charge is -2.19. The summed E-state index contributed by atoms with van der Waals surface area (Å²) in [6, 6.07) is 15.5. The van der Waals surface area contributed by atoms with Crippen LogP contribution < -0.4 is 10.1 Å². The Kier molecular flexibility index (Phi) is 6.22. The molecule has 0 aliphatic heterocycles. The first-order chi connectivity index (χ1) is 11.0. The highest BCUT2D eigenvalue weighted by Crippen LogP contribution is 2.25. The van der Waals surface area contributed by atoms with Crippen molar-refractivity contribution in [2.24, 2.45) is 0 Å². The molecule has 0 spiro atoms. The largest absolute Gasteiger partial charge is 0.490 e. The Morgan fingerprint density at radius 3 is 2.48 bits per heavy atom. The number of nitrogens with one attached hydrogen (secondary N) is 1. The van der Waals surface area contributed by atoms with E-state index in [-0.39, 0.29) is 18.1 Å². The molecule has 0 aliphatic carbocycles. The van der Waals surface area contributed by atoms with E-state index in [1.165, 1.54) is 0 Å². The van der Waals surface area contributed by atoms with Crippen LogP contribution in [0.1, 0.15) is 49.2 Å². The standard InChI is InChI=1S/C19H22BrNO2/c1-4-17(14-8-6-5-7-9-14)21-19(22)16-12-15(20)10-11-18(16)23-13(2)3/h5-13,17H,4H2,1-3H3,(H,21,22). The third-order valence-electron chi connectivity index (χ3n) is 3.46. The van der Waals surface area contributed by atoms with Gasteiger partial charge >= 0.3 is 0 Å². The van der Waals surface area contributed by atoms with E-state index < -0.39 is 0 Å². The molecule has 2 aromatic carbocycles. The molecule has 1 amide bonds. The van der Waals surface area contributed by atoms with E-state index in [0.29, 0.717) is 11.3 Å². The lowest BCUT2D eigenvalue weighted by molar-refractivity contribution is 0.0929. The summed E-state index contributed by atoms with van der Waals surface area (Å²) < 4.78 is 6.61. The van der Waals surface area contributed by atoms with Crippen LogP contribution in [0.5, 0.6) is 5.75 Å². The molecule has 0 heterocycles. The maximum Gasteiger partial charge on any atom is 0.255 e. The molecule has 0 saturated carbocycles. The maximum absolute atomic E-state index is 12.7. The summed E-state index contributed by atoms with van der Waals surface area (Å²) in [7, 11) is 0. The van der Waals surface area contributed by atoms with Crippen molar-refractivity contribution in [3.63, 3.8) is 0 Å². The van der Waals surface area contributed by atoms with Crippen LogP contribution in [0, 0.1) is 0 Å². The van der Waals surface area contributed by atoms with Gasteiger partial charge in [-0.25, -0.2) is 0 Å². The normalized spacial score (nSPS) is 12.0. The Hall–Kier alpha value is -1.81. The second-order valence-electron chi connectivity index (χ2n) is 5.65. The first-order valence-electron chi connectivity index (χ1n) is 7.83. The minimum Gasteiger partial charge on any atom is -0.490 e. The fourth-order valence-electron chi connectivity index (χ4n) is 2.38. The van der Waals surface area contributed by atoms with Crippen LogP contribution in [0.3, 0.4) is 0 Å². The fraction of sp³-hybridized carbons (Fsp3) is 0.316. The molecule has 2 aromatic rings. The predicted octanol–water partition coefficient (Wildman–Crippen LogP) is 5.12.